The van der Waals surface area contributed by atoms with Crippen molar-refractivity contribution in [3.05, 3.63) is 48.0 Å². The predicted molar refractivity (Wildman–Crippen MR) is 65.1 cm³/mol. The van der Waals surface area contributed by atoms with Crippen LogP contribution < -0.4 is 0 Å². The highest BCUT2D eigenvalue weighted by Gasteiger charge is 2.04. The highest BCUT2D eigenvalue weighted by atomic mass is 32.2. The smallest absolute Gasteiger partial charge is 0.133 e. The summed E-state index contributed by atoms with van der Waals surface area (Å²) in [7, 11) is 0. The Morgan fingerprint density at radius 3 is 2.29 bits per heavy atom. The fourth-order valence-corrected chi connectivity index (χ4v) is 2.14. The molecule has 0 aromatic heterocycles. The lowest BCUT2D eigenvalue weighted by molar-refractivity contribution is 0.442. The summed E-state index contributed by atoms with van der Waals surface area (Å²) in [4.78, 5) is 1.58. The predicted octanol–water partition coefficient (Wildman–Crippen LogP) is 3.12. The summed E-state index contributed by atoms with van der Waals surface area (Å²) in [6, 6.07) is 13.6. The Balaban J connectivity index is 2.23. The number of rotatable bonds is 2. The summed E-state index contributed by atoms with van der Waals surface area (Å²) in [5.41, 5.74) is 0.601. The highest BCUT2D eigenvalue weighted by molar-refractivity contribution is 7.99. The summed E-state index contributed by atoms with van der Waals surface area (Å²) in [5, 5.41) is 27.5. The molecule has 0 aliphatic rings. The summed E-state index contributed by atoms with van der Waals surface area (Å²) in [6.07, 6.45) is 0. The molecule has 0 aliphatic carbocycles. The lowest BCUT2D eigenvalue weighted by Gasteiger charge is -2.04. The molecule has 0 atom stereocenters. The van der Waals surface area contributed by atoms with Crippen molar-refractivity contribution in [3.8, 4) is 17.6 Å². The van der Waals surface area contributed by atoms with Crippen molar-refractivity contribution >= 4 is 11.8 Å². The van der Waals surface area contributed by atoms with E-state index in [-0.39, 0.29) is 11.5 Å². The monoisotopic (exact) mass is 243 g/mol. The zero-order valence-corrected chi connectivity index (χ0v) is 9.61. The number of nitrogens with zero attached hydrogens (tertiary/aromatic N) is 1. The third-order valence-electron chi connectivity index (χ3n) is 2.15. The SMILES string of the molecule is N#Cc1ccc(Sc2ccc(O)cc2O)cc1. The van der Waals surface area contributed by atoms with Crippen LogP contribution in [0.5, 0.6) is 11.5 Å². The van der Waals surface area contributed by atoms with Crippen molar-refractivity contribution < 1.29 is 10.2 Å². The molecule has 4 heteroatoms. The van der Waals surface area contributed by atoms with Crippen LogP contribution in [0.1, 0.15) is 5.56 Å². The van der Waals surface area contributed by atoms with Gasteiger partial charge >= 0.3 is 0 Å². The topological polar surface area (TPSA) is 64.2 Å². The van der Waals surface area contributed by atoms with Crippen molar-refractivity contribution in [2.45, 2.75) is 9.79 Å². The first-order chi connectivity index (χ1) is 8.19. The second-order valence-corrected chi connectivity index (χ2v) is 4.51. The first-order valence-corrected chi connectivity index (χ1v) is 5.70. The largest absolute Gasteiger partial charge is 0.508 e. The summed E-state index contributed by atoms with van der Waals surface area (Å²) in [6.45, 7) is 0. The summed E-state index contributed by atoms with van der Waals surface area (Å²) in [5.74, 6) is 0.0750. The van der Waals surface area contributed by atoms with E-state index in [9.17, 15) is 5.11 Å². The summed E-state index contributed by atoms with van der Waals surface area (Å²) >= 11 is 1.37. The van der Waals surface area contributed by atoms with Gasteiger partial charge < -0.3 is 10.2 Å². The minimum Gasteiger partial charge on any atom is -0.508 e. The van der Waals surface area contributed by atoms with Crippen LogP contribution in [0.4, 0.5) is 0 Å². The maximum Gasteiger partial charge on any atom is 0.133 e. The molecule has 0 amide bonds. The molecule has 0 unspecified atom stereocenters. The van der Waals surface area contributed by atoms with Gasteiger partial charge in [0.2, 0.25) is 0 Å². The minimum atomic E-state index is 0.0340. The van der Waals surface area contributed by atoms with Crippen molar-refractivity contribution in [1.29, 1.82) is 5.26 Å². The molecule has 2 rings (SSSR count). The van der Waals surface area contributed by atoms with Gasteiger partial charge in [0.15, 0.2) is 0 Å². The molecule has 0 heterocycles. The Morgan fingerprint density at radius 1 is 1.00 bits per heavy atom. The lowest BCUT2D eigenvalue weighted by atomic mass is 10.2. The molecule has 0 bridgehead atoms. The third kappa shape index (κ3) is 2.71. The van der Waals surface area contributed by atoms with Crippen LogP contribution in [-0.4, -0.2) is 10.2 Å². The van der Waals surface area contributed by atoms with Crippen LogP contribution >= 0.6 is 11.8 Å². The van der Waals surface area contributed by atoms with Gasteiger partial charge in [0.05, 0.1) is 16.5 Å². The van der Waals surface area contributed by atoms with Gasteiger partial charge in [-0.2, -0.15) is 5.26 Å². The Hall–Kier alpha value is -2.12. The molecule has 0 saturated carbocycles. The Labute approximate surface area is 103 Å². The number of phenolic OH excluding ortho intramolecular Hbond substituents is 2. The van der Waals surface area contributed by atoms with Gasteiger partial charge in [-0.15, -0.1) is 0 Å². The van der Waals surface area contributed by atoms with Crippen molar-refractivity contribution in [3.63, 3.8) is 0 Å². The second-order valence-electron chi connectivity index (χ2n) is 3.39. The number of benzene rings is 2. The van der Waals surface area contributed by atoms with Crippen molar-refractivity contribution in [1.82, 2.24) is 0 Å². The van der Waals surface area contributed by atoms with E-state index in [4.69, 9.17) is 10.4 Å². The van der Waals surface area contributed by atoms with E-state index in [2.05, 4.69) is 0 Å². The van der Waals surface area contributed by atoms with E-state index in [0.717, 1.165) is 4.90 Å². The average Bonchev–Trinajstić information content (AvgIpc) is 2.34. The van der Waals surface area contributed by atoms with Crippen LogP contribution in [-0.2, 0) is 0 Å². The number of nitriles is 1. The van der Waals surface area contributed by atoms with Crippen LogP contribution in [0.15, 0.2) is 52.3 Å². The maximum atomic E-state index is 9.62. The molecule has 0 fully saturated rings. The van der Waals surface area contributed by atoms with Crippen molar-refractivity contribution in [2.24, 2.45) is 0 Å². The zero-order valence-electron chi connectivity index (χ0n) is 8.79. The lowest BCUT2D eigenvalue weighted by Crippen LogP contribution is -1.77. The van der Waals surface area contributed by atoms with Gasteiger partial charge in [-0.1, -0.05) is 11.8 Å². The fourth-order valence-electron chi connectivity index (χ4n) is 1.32. The quantitative estimate of drug-likeness (QED) is 0.850. The third-order valence-corrected chi connectivity index (χ3v) is 3.23. The minimum absolute atomic E-state index is 0.0340. The maximum absolute atomic E-state index is 9.62. The van der Waals surface area contributed by atoms with Gasteiger partial charge in [0.25, 0.3) is 0 Å². The van der Waals surface area contributed by atoms with Crippen LogP contribution in [0.3, 0.4) is 0 Å². The molecule has 3 nitrogen and oxygen atoms in total. The molecule has 2 N–H and O–H groups in total. The van der Waals surface area contributed by atoms with E-state index in [0.29, 0.717) is 10.5 Å². The second kappa shape index (κ2) is 4.81. The first-order valence-electron chi connectivity index (χ1n) is 4.89. The van der Waals surface area contributed by atoms with Gasteiger partial charge in [-0.3, -0.25) is 0 Å². The number of hydrogen-bond donors (Lipinski definition) is 2. The van der Waals surface area contributed by atoms with Gasteiger partial charge in [0.1, 0.15) is 11.5 Å². The Bertz CT molecular complexity index is 573. The molecular formula is C13H9NO2S. The van der Waals surface area contributed by atoms with E-state index in [1.165, 1.54) is 23.9 Å². The van der Waals surface area contributed by atoms with Crippen LogP contribution in [0.25, 0.3) is 0 Å². The fraction of sp³-hybridized carbons (Fsp3) is 0. The molecule has 84 valence electrons. The van der Waals surface area contributed by atoms with Gasteiger partial charge in [0, 0.05) is 11.0 Å². The molecule has 0 radical (unpaired) electrons. The van der Waals surface area contributed by atoms with E-state index < -0.39 is 0 Å². The van der Waals surface area contributed by atoms with Gasteiger partial charge in [-0.05, 0) is 36.4 Å². The highest BCUT2D eigenvalue weighted by Crippen LogP contribution is 2.36. The van der Waals surface area contributed by atoms with Crippen LogP contribution in [0.2, 0.25) is 0 Å². The standard InChI is InChI=1S/C13H9NO2S/c14-8-9-1-4-11(5-2-9)17-13-6-3-10(15)7-12(13)16/h1-7,15-16H. The first kappa shape index (κ1) is 11.4. The molecule has 0 saturated heterocycles. The number of phenols is 2. The summed E-state index contributed by atoms with van der Waals surface area (Å²) < 4.78 is 0. The van der Waals surface area contributed by atoms with E-state index >= 15 is 0 Å². The molecule has 17 heavy (non-hydrogen) atoms. The molecule has 0 aliphatic heterocycles. The van der Waals surface area contributed by atoms with Crippen LogP contribution in [0, 0.1) is 11.3 Å². The molecule has 0 spiro atoms. The Morgan fingerprint density at radius 2 is 1.71 bits per heavy atom. The normalized spacial score (nSPS) is 9.82. The molecule has 2 aromatic rings. The zero-order chi connectivity index (χ0) is 12.3. The van der Waals surface area contributed by atoms with E-state index in [1.54, 1.807) is 18.2 Å². The van der Waals surface area contributed by atoms with E-state index in [1.807, 2.05) is 18.2 Å². The van der Waals surface area contributed by atoms with Crippen molar-refractivity contribution in [2.75, 3.05) is 0 Å². The Kier molecular flexibility index (Phi) is 3.22. The number of aromatic hydroxyl groups is 2. The molecular weight excluding hydrogens is 234 g/mol. The average molecular weight is 243 g/mol. The molecule has 2 aromatic carbocycles. The van der Waals surface area contributed by atoms with Gasteiger partial charge in [-0.25, -0.2) is 0 Å². The number of hydrogen-bond acceptors (Lipinski definition) is 4.